The van der Waals surface area contributed by atoms with Crippen molar-refractivity contribution in [3.05, 3.63) is 29.8 Å². The molecule has 0 unspecified atom stereocenters. The van der Waals surface area contributed by atoms with E-state index in [-0.39, 0.29) is 5.91 Å². The van der Waals surface area contributed by atoms with Crippen LogP contribution in [0.1, 0.15) is 17.3 Å². The second-order valence-electron chi connectivity index (χ2n) is 2.99. The van der Waals surface area contributed by atoms with Crippen molar-refractivity contribution in [2.24, 2.45) is 5.73 Å². The predicted octanol–water partition coefficient (Wildman–Crippen LogP) is 0.768. The molecule has 0 radical (unpaired) electrons. The van der Waals surface area contributed by atoms with E-state index in [4.69, 9.17) is 5.73 Å². The fraction of sp³-hybridized carbons (Fsp3) is 0.200. The molecule has 0 aliphatic rings. The van der Waals surface area contributed by atoms with Gasteiger partial charge in [-0.05, 0) is 18.2 Å². The summed E-state index contributed by atoms with van der Waals surface area (Å²) in [7, 11) is 1.64. The van der Waals surface area contributed by atoms with E-state index in [9.17, 15) is 9.59 Å². The molecule has 2 amide bonds. The molecule has 1 aromatic rings. The Bertz CT molecular complexity index is 374. The summed E-state index contributed by atoms with van der Waals surface area (Å²) in [6.07, 6.45) is 0. The van der Waals surface area contributed by atoms with Gasteiger partial charge in [0.2, 0.25) is 11.8 Å². The molecule has 1 rings (SSSR count). The second kappa shape index (κ2) is 3.91. The van der Waals surface area contributed by atoms with E-state index in [1.54, 1.807) is 31.3 Å². The van der Waals surface area contributed by atoms with Crippen LogP contribution < -0.4 is 10.6 Å². The third kappa shape index (κ3) is 2.10. The Kier molecular flexibility index (Phi) is 2.86. The SMILES string of the molecule is CC(=O)N(C)c1cccc(C(N)=O)c1. The zero-order chi connectivity index (χ0) is 10.7. The summed E-state index contributed by atoms with van der Waals surface area (Å²) >= 11 is 0. The minimum atomic E-state index is -0.496. The van der Waals surface area contributed by atoms with E-state index in [1.165, 1.54) is 11.8 Å². The van der Waals surface area contributed by atoms with Gasteiger partial charge < -0.3 is 10.6 Å². The maximum Gasteiger partial charge on any atom is 0.248 e. The van der Waals surface area contributed by atoms with Gasteiger partial charge in [-0.25, -0.2) is 0 Å². The summed E-state index contributed by atoms with van der Waals surface area (Å²) in [5, 5.41) is 0. The molecule has 4 heteroatoms. The fourth-order valence-corrected chi connectivity index (χ4v) is 1.05. The summed E-state index contributed by atoms with van der Waals surface area (Å²) in [4.78, 5) is 23.4. The van der Waals surface area contributed by atoms with E-state index >= 15 is 0 Å². The molecule has 14 heavy (non-hydrogen) atoms. The smallest absolute Gasteiger partial charge is 0.248 e. The number of amides is 2. The van der Waals surface area contributed by atoms with E-state index in [2.05, 4.69) is 0 Å². The molecule has 0 saturated carbocycles. The maximum atomic E-state index is 11.0. The highest BCUT2D eigenvalue weighted by molar-refractivity contribution is 5.96. The first kappa shape index (κ1) is 10.2. The normalized spacial score (nSPS) is 9.57. The van der Waals surface area contributed by atoms with Crippen molar-refractivity contribution in [3.63, 3.8) is 0 Å². The molecule has 0 atom stereocenters. The molecule has 0 saturated heterocycles. The minimum absolute atomic E-state index is 0.0911. The Morgan fingerprint density at radius 3 is 2.50 bits per heavy atom. The van der Waals surface area contributed by atoms with Gasteiger partial charge >= 0.3 is 0 Å². The van der Waals surface area contributed by atoms with Crippen LogP contribution in [-0.4, -0.2) is 18.9 Å². The number of carbonyl (C=O) groups excluding carboxylic acids is 2. The average molecular weight is 192 g/mol. The highest BCUT2D eigenvalue weighted by Crippen LogP contribution is 2.14. The van der Waals surface area contributed by atoms with E-state index in [0.717, 1.165) is 0 Å². The van der Waals surface area contributed by atoms with Gasteiger partial charge in [0.25, 0.3) is 0 Å². The molecule has 0 heterocycles. The van der Waals surface area contributed by atoms with Crippen molar-refractivity contribution in [1.82, 2.24) is 0 Å². The van der Waals surface area contributed by atoms with Gasteiger partial charge in [-0.3, -0.25) is 9.59 Å². The number of anilines is 1. The lowest BCUT2D eigenvalue weighted by molar-refractivity contribution is -0.116. The number of hydrogen-bond donors (Lipinski definition) is 1. The van der Waals surface area contributed by atoms with Gasteiger partial charge in [-0.15, -0.1) is 0 Å². The van der Waals surface area contributed by atoms with E-state index in [0.29, 0.717) is 11.3 Å². The summed E-state index contributed by atoms with van der Waals surface area (Å²) in [6, 6.07) is 6.63. The lowest BCUT2D eigenvalue weighted by atomic mass is 10.2. The van der Waals surface area contributed by atoms with Gasteiger partial charge in [0.1, 0.15) is 0 Å². The van der Waals surface area contributed by atoms with Crippen LogP contribution in [0, 0.1) is 0 Å². The summed E-state index contributed by atoms with van der Waals surface area (Å²) in [5.41, 5.74) is 6.18. The molecule has 2 N–H and O–H groups in total. The molecule has 0 aliphatic heterocycles. The van der Waals surface area contributed by atoms with Crippen molar-refractivity contribution < 1.29 is 9.59 Å². The molecule has 0 aliphatic carbocycles. The van der Waals surface area contributed by atoms with Gasteiger partial charge in [0.05, 0.1) is 0 Å². The maximum absolute atomic E-state index is 11.0. The Morgan fingerprint density at radius 2 is 2.00 bits per heavy atom. The first-order chi connectivity index (χ1) is 6.52. The molecule has 0 fully saturated rings. The molecule has 4 nitrogen and oxygen atoms in total. The average Bonchev–Trinajstić information content (AvgIpc) is 2.16. The second-order valence-corrected chi connectivity index (χ2v) is 2.99. The lowest BCUT2D eigenvalue weighted by Gasteiger charge is -2.15. The highest BCUT2D eigenvalue weighted by Gasteiger charge is 2.07. The van der Waals surface area contributed by atoms with Crippen LogP contribution in [-0.2, 0) is 4.79 Å². The van der Waals surface area contributed by atoms with Crippen LogP contribution in [0.5, 0.6) is 0 Å². The van der Waals surface area contributed by atoms with Crippen LogP contribution in [0.25, 0.3) is 0 Å². The summed E-state index contributed by atoms with van der Waals surface area (Å²) in [6.45, 7) is 1.46. The van der Waals surface area contributed by atoms with Crippen molar-refractivity contribution in [2.45, 2.75) is 6.92 Å². The summed E-state index contributed by atoms with van der Waals surface area (Å²) < 4.78 is 0. The van der Waals surface area contributed by atoms with Gasteiger partial charge in [-0.2, -0.15) is 0 Å². The largest absolute Gasteiger partial charge is 0.366 e. The number of rotatable bonds is 2. The third-order valence-corrected chi connectivity index (χ3v) is 1.99. The monoisotopic (exact) mass is 192 g/mol. The number of hydrogen-bond acceptors (Lipinski definition) is 2. The van der Waals surface area contributed by atoms with Gasteiger partial charge in [0.15, 0.2) is 0 Å². The zero-order valence-corrected chi connectivity index (χ0v) is 8.15. The standard InChI is InChI=1S/C10H12N2O2/c1-7(13)12(2)9-5-3-4-8(6-9)10(11)14/h3-6H,1-2H3,(H2,11,14). The molecular formula is C10H12N2O2. The number of primary amides is 1. The van der Waals surface area contributed by atoms with Crippen LogP contribution >= 0.6 is 0 Å². The Hall–Kier alpha value is -1.84. The van der Waals surface area contributed by atoms with Crippen molar-refractivity contribution in [3.8, 4) is 0 Å². The Morgan fingerprint density at radius 1 is 1.36 bits per heavy atom. The van der Waals surface area contributed by atoms with Crippen LogP contribution in [0.3, 0.4) is 0 Å². The van der Waals surface area contributed by atoms with E-state index in [1.807, 2.05) is 0 Å². The van der Waals surface area contributed by atoms with Crippen molar-refractivity contribution in [1.29, 1.82) is 0 Å². The van der Waals surface area contributed by atoms with Crippen LogP contribution in [0.2, 0.25) is 0 Å². The number of nitrogens with two attached hydrogens (primary N) is 1. The topological polar surface area (TPSA) is 63.4 Å². The van der Waals surface area contributed by atoms with Crippen LogP contribution in [0.4, 0.5) is 5.69 Å². The quantitative estimate of drug-likeness (QED) is 0.752. The minimum Gasteiger partial charge on any atom is -0.366 e. The molecular weight excluding hydrogens is 180 g/mol. The first-order valence-corrected chi connectivity index (χ1v) is 4.16. The first-order valence-electron chi connectivity index (χ1n) is 4.16. The Balaban J connectivity index is 3.05. The predicted molar refractivity (Wildman–Crippen MR) is 54.0 cm³/mol. The molecule has 1 aromatic carbocycles. The highest BCUT2D eigenvalue weighted by atomic mass is 16.2. The summed E-state index contributed by atoms with van der Waals surface area (Å²) in [5.74, 6) is -0.588. The van der Waals surface area contributed by atoms with Gasteiger partial charge in [0, 0.05) is 25.2 Å². The fourth-order valence-electron chi connectivity index (χ4n) is 1.05. The zero-order valence-electron chi connectivity index (χ0n) is 8.15. The molecule has 0 aromatic heterocycles. The third-order valence-electron chi connectivity index (χ3n) is 1.99. The van der Waals surface area contributed by atoms with Gasteiger partial charge in [-0.1, -0.05) is 6.07 Å². The van der Waals surface area contributed by atoms with E-state index < -0.39 is 5.91 Å². The molecule has 0 spiro atoms. The Labute approximate surface area is 82.3 Å². The lowest BCUT2D eigenvalue weighted by Crippen LogP contribution is -2.23. The van der Waals surface area contributed by atoms with Crippen molar-refractivity contribution >= 4 is 17.5 Å². The number of carbonyl (C=O) groups is 2. The molecule has 0 bridgehead atoms. The number of nitrogens with zero attached hydrogens (tertiary/aromatic N) is 1. The number of benzene rings is 1. The van der Waals surface area contributed by atoms with Crippen molar-refractivity contribution in [2.75, 3.05) is 11.9 Å². The molecule has 74 valence electrons. The van der Waals surface area contributed by atoms with Crippen LogP contribution in [0.15, 0.2) is 24.3 Å².